The molecule has 0 radical (unpaired) electrons. The van der Waals surface area contributed by atoms with E-state index in [4.69, 9.17) is 0 Å². The fraction of sp³-hybridized carbons (Fsp3) is 0.286. The van der Waals surface area contributed by atoms with E-state index in [-0.39, 0.29) is 11.5 Å². The van der Waals surface area contributed by atoms with Crippen molar-refractivity contribution in [1.29, 1.82) is 0 Å². The Morgan fingerprint density at radius 3 is 2.44 bits per heavy atom. The third kappa shape index (κ3) is 6.36. The summed E-state index contributed by atoms with van der Waals surface area (Å²) in [4.78, 5) is 29.2. The van der Waals surface area contributed by atoms with Crippen LogP contribution in [0, 0.1) is 0 Å². The minimum absolute atomic E-state index is 0.0794. The first kappa shape index (κ1) is 26.2. The summed E-state index contributed by atoms with van der Waals surface area (Å²) in [5, 5.41) is 3.15. The Bertz CT molecular complexity index is 1400. The van der Waals surface area contributed by atoms with E-state index in [0.717, 1.165) is 33.9 Å². The number of anilines is 2. The molecule has 0 spiro atoms. The number of halogens is 3. The smallest absolute Gasteiger partial charge is 0.406 e. The molecule has 2 aliphatic rings. The van der Waals surface area contributed by atoms with Gasteiger partial charge in [-0.25, -0.2) is 9.97 Å². The van der Waals surface area contributed by atoms with Crippen molar-refractivity contribution in [2.75, 3.05) is 36.4 Å². The molecule has 1 aliphatic heterocycles. The van der Waals surface area contributed by atoms with Gasteiger partial charge in [-0.15, -0.1) is 13.2 Å². The Hall–Kier alpha value is -4.41. The second-order valence-corrected chi connectivity index (χ2v) is 9.44. The van der Waals surface area contributed by atoms with Crippen LogP contribution < -0.4 is 15.0 Å². The van der Waals surface area contributed by atoms with Gasteiger partial charge in [0.15, 0.2) is 0 Å². The fourth-order valence-electron chi connectivity index (χ4n) is 4.70. The number of carbonyl (C=O) groups excluding carboxylic acids is 1. The number of nitrogens with one attached hydrogen (secondary N) is 1. The summed E-state index contributed by atoms with van der Waals surface area (Å²) in [6, 6.07) is 9.43. The SMILES string of the molecule is C=C(Nc1ccc(OC(F)(F)F)cc1)N1CCN(c2ncnc3c2C=C(c2ccc(CC(C)=O)nc2)C3)CC1. The fourth-order valence-corrected chi connectivity index (χ4v) is 4.70. The average molecular weight is 537 g/mol. The zero-order valence-corrected chi connectivity index (χ0v) is 21.3. The van der Waals surface area contributed by atoms with E-state index in [1.807, 2.05) is 12.1 Å². The van der Waals surface area contributed by atoms with Crippen LogP contribution in [0.5, 0.6) is 5.75 Å². The highest BCUT2D eigenvalue weighted by Gasteiger charge is 2.31. The van der Waals surface area contributed by atoms with Gasteiger partial charge in [-0.3, -0.25) is 9.78 Å². The standard InChI is InChI=1S/C28H27F3N6O2/c1-18(38)13-23-4-3-20(16-32-23)21-14-25-26(15-21)33-17-34-27(25)37-11-9-36(10-12-37)19(2)35-22-5-7-24(8-6-22)39-28(29,30)31/h3-8,14,16-17,35H,2,9-13,15H2,1H3. The Morgan fingerprint density at radius 1 is 1.05 bits per heavy atom. The Morgan fingerprint density at radius 2 is 1.79 bits per heavy atom. The van der Waals surface area contributed by atoms with Gasteiger partial charge < -0.3 is 19.9 Å². The number of aromatic nitrogens is 3. The molecule has 8 nitrogen and oxygen atoms in total. The van der Waals surface area contributed by atoms with Crippen molar-refractivity contribution < 1.29 is 22.7 Å². The second-order valence-electron chi connectivity index (χ2n) is 9.44. The molecule has 1 saturated heterocycles. The maximum atomic E-state index is 12.4. The molecule has 3 heterocycles. The van der Waals surface area contributed by atoms with Crippen molar-refractivity contribution in [3.05, 3.63) is 83.8 Å². The predicted molar refractivity (Wildman–Crippen MR) is 142 cm³/mol. The number of nitrogens with zero attached hydrogens (tertiary/aromatic N) is 5. The first-order valence-electron chi connectivity index (χ1n) is 12.5. The highest BCUT2D eigenvalue weighted by Crippen LogP contribution is 2.35. The van der Waals surface area contributed by atoms with Gasteiger partial charge in [0, 0.05) is 62.2 Å². The van der Waals surface area contributed by atoms with E-state index < -0.39 is 6.36 Å². The van der Waals surface area contributed by atoms with Crippen molar-refractivity contribution in [2.24, 2.45) is 0 Å². The molecule has 5 rings (SSSR count). The number of alkyl halides is 3. The molecule has 202 valence electrons. The lowest BCUT2D eigenvalue weighted by Gasteiger charge is -2.38. The van der Waals surface area contributed by atoms with E-state index in [2.05, 4.69) is 47.5 Å². The van der Waals surface area contributed by atoms with Crippen LogP contribution in [0.25, 0.3) is 11.6 Å². The molecule has 0 amide bonds. The van der Waals surface area contributed by atoms with Crippen LogP contribution >= 0.6 is 0 Å². The molecule has 0 unspecified atom stereocenters. The molecular formula is C28H27F3N6O2. The van der Waals surface area contributed by atoms with Gasteiger partial charge in [-0.1, -0.05) is 12.6 Å². The summed E-state index contributed by atoms with van der Waals surface area (Å²) in [6.45, 7) is 8.47. The number of benzene rings is 1. The number of ketones is 1. The van der Waals surface area contributed by atoms with Crippen molar-refractivity contribution in [2.45, 2.75) is 26.1 Å². The van der Waals surface area contributed by atoms with E-state index in [1.165, 1.54) is 24.3 Å². The Kier molecular flexibility index (Phi) is 7.23. The summed E-state index contributed by atoms with van der Waals surface area (Å²) < 4.78 is 41.1. The molecule has 0 bridgehead atoms. The quantitative estimate of drug-likeness (QED) is 0.444. The number of ether oxygens (including phenoxy) is 1. The van der Waals surface area contributed by atoms with E-state index >= 15 is 0 Å². The van der Waals surface area contributed by atoms with E-state index in [0.29, 0.717) is 50.5 Å². The zero-order chi connectivity index (χ0) is 27.6. The predicted octanol–water partition coefficient (Wildman–Crippen LogP) is 4.70. The zero-order valence-electron chi connectivity index (χ0n) is 21.3. The molecule has 1 N–H and O–H groups in total. The van der Waals surface area contributed by atoms with Crippen molar-refractivity contribution in [3.63, 3.8) is 0 Å². The van der Waals surface area contributed by atoms with Crippen LogP contribution in [0.1, 0.15) is 29.4 Å². The summed E-state index contributed by atoms with van der Waals surface area (Å²) >= 11 is 0. The molecular weight excluding hydrogens is 509 g/mol. The van der Waals surface area contributed by atoms with Gasteiger partial charge in [0.1, 0.15) is 23.7 Å². The molecule has 1 fully saturated rings. The number of pyridine rings is 1. The number of carbonyl (C=O) groups is 1. The van der Waals surface area contributed by atoms with Gasteiger partial charge in [-0.2, -0.15) is 0 Å². The lowest BCUT2D eigenvalue weighted by atomic mass is 10.1. The van der Waals surface area contributed by atoms with Crippen LogP contribution in [0.15, 0.2) is 61.3 Å². The third-order valence-electron chi connectivity index (χ3n) is 6.58. The van der Waals surface area contributed by atoms with Gasteiger partial charge in [-0.05, 0) is 54.5 Å². The van der Waals surface area contributed by atoms with Crippen molar-refractivity contribution in [3.8, 4) is 5.75 Å². The number of hydrogen-bond acceptors (Lipinski definition) is 8. The van der Waals surface area contributed by atoms with Crippen LogP contribution in [0.4, 0.5) is 24.7 Å². The largest absolute Gasteiger partial charge is 0.573 e. The number of fused-ring (bicyclic) bond motifs is 1. The van der Waals surface area contributed by atoms with Crippen LogP contribution in [-0.4, -0.2) is 58.2 Å². The first-order valence-corrected chi connectivity index (χ1v) is 12.5. The number of hydrogen-bond donors (Lipinski definition) is 1. The number of piperazine rings is 1. The van der Waals surface area contributed by atoms with E-state index in [1.54, 1.807) is 19.4 Å². The van der Waals surface area contributed by atoms with Gasteiger partial charge >= 0.3 is 6.36 Å². The van der Waals surface area contributed by atoms with Crippen LogP contribution in [-0.2, 0) is 17.6 Å². The maximum absolute atomic E-state index is 12.4. The van der Waals surface area contributed by atoms with Gasteiger partial charge in [0.2, 0.25) is 0 Å². The Labute approximate surface area is 223 Å². The summed E-state index contributed by atoms with van der Waals surface area (Å²) in [5.74, 6) is 1.35. The monoisotopic (exact) mass is 536 g/mol. The lowest BCUT2D eigenvalue weighted by molar-refractivity contribution is -0.274. The molecule has 1 aliphatic carbocycles. The lowest BCUT2D eigenvalue weighted by Crippen LogP contribution is -2.47. The highest BCUT2D eigenvalue weighted by molar-refractivity contribution is 5.91. The molecule has 11 heteroatoms. The number of rotatable bonds is 8. The summed E-state index contributed by atoms with van der Waals surface area (Å²) in [7, 11) is 0. The molecule has 0 saturated carbocycles. The van der Waals surface area contributed by atoms with Crippen molar-refractivity contribution in [1.82, 2.24) is 19.9 Å². The molecule has 1 aromatic carbocycles. The summed E-state index contributed by atoms with van der Waals surface area (Å²) in [5.41, 5.74) is 5.45. The molecule has 39 heavy (non-hydrogen) atoms. The summed E-state index contributed by atoms with van der Waals surface area (Å²) in [6.07, 6.45) is 1.80. The van der Waals surface area contributed by atoms with Crippen LogP contribution in [0.3, 0.4) is 0 Å². The van der Waals surface area contributed by atoms with E-state index in [9.17, 15) is 18.0 Å². The normalized spacial score (nSPS) is 15.0. The Balaban J connectivity index is 1.20. The van der Waals surface area contributed by atoms with Gasteiger partial charge in [0.05, 0.1) is 11.5 Å². The topological polar surface area (TPSA) is 83.5 Å². The maximum Gasteiger partial charge on any atom is 0.573 e. The number of Topliss-reactive ketones (excluding diaryl/α,β-unsaturated/α-hetero) is 1. The molecule has 0 atom stereocenters. The second kappa shape index (κ2) is 10.8. The molecule has 2 aromatic heterocycles. The third-order valence-corrected chi connectivity index (χ3v) is 6.58. The van der Waals surface area contributed by atoms with Crippen LogP contribution in [0.2, 0.25) is 0 Å². The van der Waals surface area contributed by atoms with Gasteiger partial charge in [0.25, 0.3) is 0 Å². The minimum atomic E-state index is -4.72. The average Bonchev–Trinajstić information content (AvgIpc) is 3.34. The first-order chi connectivity index (χ1) is 18.6. The molecule has 3 aromatic rings. The van der Waals surface area contributed by atoms with Crippen molar-refractivity contribution >= 4 is 28.9 Å². The highest BCUT2D eigenvalue weighted by atomic mass is 19.4. The minimum Gasteiger partial charge on any atom is -0.406 e. The number of allylic oxidation sites excluding steroid dienone is 1.